The van der Waals surface area contributed by atoms with E-state index >= 15 is 0 Å². The molecule has 0 bridgehead atoms. The number of aromatic nitrogens is 2. The Morgan fingerprint density at radius 1 is 1.33 bits per heavy atom. The Balaban J connectivity index is 1.78. The van der Waals surface area contributed by atoms with Crippen LogP contribution in [0, 0.1) is 6.92 Å². The van der Waals surface area contributed by atoms with Crippen LogP contribution >= 0.6 is 27.7 Å². The summed E-state index contributed by atoms with van der Waals surface area (Å²) in [5.74, 6) is 1.33. The number of benzene rings is 1. The predicted octanol–water partition coefficient (Wildman–Crippen LogP) is 4.86. The third kappa shape index (κ3) is 3.82. The molecular weight excluding hydrogens is 426 g/mol. The van der Waals surface area contributed by atoms with E-state index in [-0.39, 0.29) is 22.8 Å². The molecule has 3 heterocycles. The Labute approximate surface area is 172 Å². The largest absolute Gasteiger partial charge is 0.375 e. The summed E-state index contributed by atoms with van der Waals surface area (Å²) in [6, 6.07) is 8.57. The molecule has 0 saturated carbocycles. The number of amides is 1. The molecule has 4 rings (SSSR count). The molecule has 2 aromatic rings. The third-order valence-electron chi connectivity index (χ3n) is 5.22. The summed E-state index contributed by atoms with van der Waals surface area (Å²) in [5.41, 5.74) is 3.12. The van der Waals surface area contributed by atoms with Gasteiger partial charge in [-0.25, -0.2) is 4.68 Å². The van der Waals surface area contributed by atoms with Gasteiger partial charge in [-0.3, -0.25) is 4.79 Å². The molecule has 0 unspecified atom stereocenters. The fourth-order valence-corrected chi connectivity index (χ4v) is 5.44. The van der Waals surface area contributed by atoms with E-state index in [1.54, 1.807) is 11.8 Å². The Kier molecular flexibility index (Phi) is 5.12. The quantitative estimate of drug-likeness (QED) is 0.710. The van der Waals surface area contributed by atoms with Gasteiger partial charge in [0, 0.05) is 16.6 Å². The van der Waals surface area contributed by atoms with Gasteiger partial charge in [0.05, 0.1) is 28.3 Å². The number of hydrogen-bond donors (Lipinski definition) is 1. The number of nitrogens with one attached hydrogen (secondary N) is 1. The number of thioether (sulfide) groups is 1. The minimum absolute atomic E-state index is 0.0355. The highest BCUT2D eigenvalue weighted by molar-refractivity contribution is 9.10. The van der Waals surface area contributed by atoms with E-state index in [4.69, 9.17) is 9.84 Å². The predicted molar refractivity (Wildman–Crippen MR) is 112 cm³/mol. The summed E-state index contributed by atoms with van der Waals surface area (Å²) in [5, 5.41) is 8.10. The molecule has 1 amide bonds. The van der Waals surface area contributed by atoms with Gasteiger partial charge in [-0.05, 0) is 51.3 Å². The fraction of sp³-hybridized carbons (Fsp3) is 0.500. The van der Waals surface area contributed by atoms with Crippen LogP contribution in [0.5, 0.6) is 0 Å². The highest BCUT2D eigenvalue weighted by Gasteiger charge is 2.35. The zero-order chi connectivity index (χ0) is 19.2. The molecule has 1 saturated heterocycles. The van der Waals surface area contributed by atoms with Crippen LogP contribution in [0.25, 0.3) is 0 Å². The number of aryl methyl sites for hydroxylation is 1. The lowest BCUT2D eigenvalue weighted by Crippen LogP contribution is -2.36. The van der Waals surface area contributed by atoms with Gasteiger partial charge >= 0.3 is 0 Å². The first kappa shape index (κ1) is 19.0. The van der Waals surface area contributed by atoms with E-state index in [2.05, 4.69) is 59.4 Å². The summed E-state index contributed by atoms with van der Waals surface area (Å²) in [4.78, 5) is 12.4. The van der Waals surface area contributed by atoms with Crippen molar-refractivity contribution in [2.45, 2.75) is 50.5 Å². The zero-order valence-corrected chi connectivity index (χ0v) is 18.2. The molecule has 1 fully saturated rings. The van der Waals surface area contributed by atoms with Crippen LogP contribution in [0.15, 0.2) is 28.7 Å². The number of nitrogens with zero attached hydrogens (tertiary/aromatic N) is 2. The Morgan fingerprint density at radius 2 is 2.07 bits per heavy atom. The minimum atomic E-state index is -0.176. The number of fused-ring (bicyclic) bond motifs is 1. The summed E-state index contributed by atoms with van der Waals surface area (Å²) >= 11 is 5.17. The van der Waals surface area contributed by atoms with E-state index in [0.29, 0.717) is 12.4 Å². The van der Waals surface area contributed by atoms with Crippen LogP contribution in [0.1, 0.15) is 54.8 Å². The van der Waals surface area contributed by atoms with E-state index in [0.717, 1.165) is 34.4 Å². The first-order valence-electron chi connectivity index (χ1n) is 9.24. The van der Waals surface area contributed by atoms with E-state index in [9.17, 15) is 4.79 Å². The van der Waals surface area contributed by atoms with Gasteiger partial charge in [-0.15, -0.1) is 11.8 Å². The molecule has 144 valence electrons. The fourth-order valence-electron chi connectivity index (χ4n) is 3.98. The molecule has 0 aliphatic carbocycles. The molecule has 2 atom stereocenters. The van der Waals surface area contributed by atoms with Gasteiger partial charge in [0.1, 0.15) is 5.82 Å². The van der Waals surface area contributed by atoms with Crippen molar-refractivity contribution in [1.29, 1.82) is 0 Å². The van der Waals surface area contributed by atoms with Gasteiger partial charge in [0.2, 0.25) is 5.91 Å². The SMILES string of the molecule is Cc1nn([C@H]2CCOC(C)(C)C2)c2c1[C@H](c1ccc(Br)cc1)SCC(=O)N2. The number of carbonyl (C=O) groups is 1. The van der Waals surface area contributed by atoms with Crippen LogP contribution in [0.4, 0.5) is 5.82 Å². The maximum atomic E-state index is 12.4. The van der Waals surface area contributed by atoms with Gasteiger partial charge < -0.3 is 10.1 Å². The Bertz CT molecular complexity index is 863. The molecule has 1 aromatic carbocycles. The number of rotatable bonds is 2. The van der Waals surface area contributed by atoms with Crippen LogP contribution < -0.4 is 5.32 Å². The average Bonchev–Trinajstić information content (AvgIpc) is 2.81. The van der Waals surface area contributed by atoms with E-state index in [1.165, 1.54) is 5.56 Å². The Morgan fingerprint density at radius 3 is 2.78 bits per heavy atom. The van der Waals surface area contributed by atoms with Crippen molar-refractivity contribution in [3.05, 3.63) is 45.6 Å². The maximum absolute atomic E-state index is 12.4. The second-order valence-corrected chi connectivity index (χ2v) is 9.85. The molecule has 0 radical (unpaired) electrons. The Hall–Kier alpha value is -1.31. The number of hydrogen-bond acceptors (Lipinski definition) is 4. The molecule has 2 aliphatic rings. The highest BCUT2D eigenvalue weighted by atomic mass is 79.9. The summed E-state index contributed by atoms with van der Waals surface area (Å²) in [6.45, 7) is 6.99. The monoisotopic (exact) mass is 449 g/mol. The van der Waals surface area contributed by atoms with E-state index in [1.807, 2.05) is 11.6 Å². The van der Waals surface area contributed by atoms with Crippen molar-refractivity contribution >= 4 is 39.4 Å². The molecule has 5 nitrogen and oxygen atoms in total. The second-order valence-electron chi connectivity index (χ2n) is 7.84. The first-order valence-corrected chi connectivity index (χ1v) is 11.1. The van der Waals surface area contributed by atoms with Crippen molar-refractivity contribution in [2.75, 3.05) is 17.7 Å². The lowest BCUT2D eigenvalue weighted by molar-refractivity contribution is -0.113. The minimum Gasteiger partial charge on any atom is -0.375 e. The third-order valence-corrected chi connectivity index (χ3v) is 7.02. The van der Waals surface area contributed by atoms with Crippen molar-refractivity contribution in [3.8, 4) is 0 Å². The van der Waals surface area contributed by atoms with Crippen molar-refractivity contribution in [3.63, 3.8) is 0 Å². The van der Waals surface area contributed by atoms with Gasteiger partial charge in [-0.1, -0.05) is 28.1 Å². The van der Waals surface area contributed by atoms with Crippen LogP contribution in [-0.4, -0.2) is 33.6 Å². The number of carbonyl (C=O) groups excluding carboxylic acids is 1. The average molecular weight is 450 g/mol. The van der Waals surface area contributed by atoms with Gasteiger partial charge in [0.15, 0.2) is 0 Å². The summed E-state index contributed by atoms with van der Waals surface area (Å²) in [7, 11) is 0. The van der Waals surface area contributed by atoms with Gasteiger partial charge in [-0.2, -0.15) is 5.10 Å². The van der Waals surface area contributed by atoms with Gasteiger partial charge in [0.25, 0.3) is 0 Å². The number of anilines is 1. The molecule has 1 N–H and O–H groups in total. The standard InChI is InChI=1S/C20H24BrN3O2S/c1-12-17-18(13-4-6-14(21)7-5-13)27-11-16(25)22-19(17)24(23-12)15-8-9-26-20(2,3)10-15/h4-7,15,18H,8-11H2,1-3H3,(H,22,25)/t15-,18-/m0/s1. The first-order chi connectivity index (χ1) is 12.8. The molecular formula is C20H24BrN3O2S. The second kappa shape index (κ2) is 7.26. The lowest BCUT2D eigenvalue weighted by Gasteiger charge is -2.36. The lowest BCUT2D eigenvalue weighted by atomic mass is 9.94. The molecule has 7 heteroatoms. The summed E-state index contributed by atoms with van der Waals surface area (Å²) in [6.07, 6.45) is 1.79. The van der Waals surface area contributed by atoms with Crippen molar-refractivity contribution < 1.29 is 9.53 Å². The molecule has 1 aromatic heterocycles. The molecule has 2 aliphatic heterocycles. The number of halogens is 1. The van der Waals surface area contributed by atoms with Crippen molar-refractivity contribution in [1.82, 2.24) is 9.78 Å². The van der Waals surface area contributed by atoms with Crippen LogP contribution in [-0.2, 0) is 9.53 Å². The highest BCUT2D eigenvalue weighted by Crippen LogP contribution is 2.45. The zero-order valence-electron chi connectivity index (χ0n) is 15.8. The normalized spacial score (nSPS) is 24.8. The van der Waals surface area contributed by atoms with Crippen molar-refractivity contribution in [2.24, 2.45) is 0 Å². The van der Waals surface area contributed by atoms with E-state index < -0.39 is 0 Å². The van der Waals surface area contributed by atoms with Crippen LogP contribution in [0.2, 0.25) is 0 Å². The molecule has 27 heavy (non-hydrogen) atoms. The molecule has 0 spiro atoms. The topological polar surface area (TPSA) is 56.2 Å². The maximum Gasteiger partial charge on any atom is 0.235 e. The number of ether oxygens (including phenoxy) is 1. The summed E-state index contributed by atoms with van der Waals surface area (Å²) < 4.78 is 8.98. The van der Waals surface area contributed by atoms with Crippen LogP contribution in [0.3, 0.4) is 0 Å². The smallest absolute Gasteiger partial charge is 0.235 e.